The topological polar surface area (TPSA) is 102 Å². The molecule has 168 valence electrons. The van der Waals surface area contributed by atoms with Crippen LogP contribution >= 0.6 is 8.73 Å². The number of nitrogens with zero attached hydrogens (tertiary/aromatic N) is 5. The molecule has 1 saturated carbocycles. The minimum absolute atomic E-state index is 0.152. The fourth-order valence-electron chi connectivity index (χ4n) is 3.51. The number of hydrogen-bond donors (Lipinski definition) is 1. The molecule has 1 saturated heterocycles. The average Bonchev–Trinajstić information content (AvgIpc) is 3.60. The molecule has 0 spiro atoms. The zero-order valence-electron chi connectivity index (χ0n) is 18.3. The van der Waals surface area contributed by atoms with Crippen LogP contribution in [0.2, 0.25) is 0 Å². The molecule has 0 bridgehead atoms. The van der Waals surface area contributed by atoms with Gasteiger partial charge in [-0.2, -0.15) is 9.35 Å². The standard InChI is InChI=1S/C20H29N6O3PS/c1-13-12-29-8-7-26(13)18-11-17(25-31(4,27)15-5-6-15)22-20(23-18)14-9-16(24-30-3)21-19(10-14)28-2/h9-11,13,15,30H,5-8,12H2,1-4H3,(H,21,24)/t13-,31?/m1/s1. The van der Waals surface area contributed by atoms with Gasteiger partial charge in [0.25, 0.3) is 0 Å². The Morgan fingerprint density at radius 2 is 2.10 bits per heavy atom. The molecule has 11 heteroatoms. The van der Waals surface area contributed by atoms with Crippen molar-refractivity contribution < 1.29 is 13.7 Å². The molecule has 3 heterocycles. The molecule has 3 atom stereocenters. The maximum absolute atomic E-state index is 13.1. The van der Waals surface area contributed by atoms with Crippen molar-refractivity contribution in [2.24, 2.45) is 4.36 Å². The summed E-state index contributed by atoms with van der Waals surface area (Å²) in [6.07, 6.45) is 3.64. The van der Waals surface area contributed by atoms with Gasteiger partial charge in [0, 0.05) is 35.7 Å². The second-order valence-corrected chi connectivity index (χ2v) is 11.2. The molecule has 2 fully saturated rings. The first-order chi connectivity index (χ1) is 14.9. The highest BCUT2D eigenvalue weighted by Gasteiger charge is 2.31. The second-order valence-electron chi connectivity index (χ2n) is 7.84. The van der Waals surface area contributed by atoms with Gasteiger partial charge in [-0.3, -0.25) is 0 Å². The molecule has 0 amide bonds. The molecule has 0 aromatic carbocycles. The van der Waals surface area contributed by atoms with E-state index in [4.69, 9.17) is 14.5 Å². The number of anilines is 2. The molecule has 2 aromatic heterocycles. The predicted octanol–water partition coefficient (Wildman–Crippen LogP) is 3.30. The van der Waals surface area contributed by atoms with Gasteiger partial charge in [-0.15, -0.1) is 0 Å². The van der Waals surface area contributed by atoms with Crippen LogP contribution in [0.5, 0.6) is 5.88 Å². The van der Waals surface area contributed by atoms with Crippen LogP contribution in [0.4, 0.5) is 17.5 Å². The van der Waals surface area contributed by atoms with Gasteiger partial charge in [0.1, 0.15) is 11.6 Å². The number of hydrogen-bond acceptors (Lipinski definition) is 9. The third kappa shape index (κ3) is 5.25. The summed E-state index contributed by atoms with van der Waals surface area (Å²) in [6, 6.07) is 5.71. The van der Waals surface area contributed by atoms with Crippen molar-refractivity contribution in [2.45, 2.75) is 31.1 Å². The maximum atomic E-state index is 13.1. The molecule has 2 aliphatic rings. The van der Waals surface area contributed by atoms with E-state index in [2.05, 4.69) is 31.2 Å². The Bertz CT molecular complexity index is 1070. The van der Waals surface area contributed by atoms with Crippen LogP contribution in [-0.4, -0.2) is 70.2 Å². The average molecular weight is 465 g/mol. The number of nitrogens with one attached hydrogen (secondary N) is 1. The molecule has 1 aliphatic carbocycles. The van der Waals surface area contributed by atoms with E-state index in [1.807, 2.05) is 18.8 Å². The van der Waals surface area contributed by atoms with Crippen LogP contribution in [0.1, 0.15) is 19.8 Å². The van der Waals surface area contributed by atoms with Gasteiger partial charge in [-0.25, -0.2) is 14.2 Å². The molecule has 0 radical (unpaired) electrons. The van der Waals surface area contributed by atoms with Gasteiger partial charge < -0.3 is 19.5 Å². The summed E-state index contributed by atoms with van der Waals surface area (Å²) in [5, 5.41) is 3.39. The first-order valence-corrected chi connectivity index (χ1v) is 13.8. The second kappa shape index (κ2) is 9.22. The lowest BCUT2D eigenvalue weighted by Crippen LogP contribution is -2.44. The molecule has 1 aliphatic heterocycles. The Morgan fingerprint density at radius 3 is 2.77 bits per heavy atom. The number of morpholine rings is 1. The predicted molar refractivity (Wildman–Crippen MR) is 126 cm³/mol. The molecule has 31 heavy (non-hydrogen) atoms. The van der Waals surface area contributed by atoms with Gasteiger partial charge in [-0.1, -0.05) is 0 Å². The summed E-state index contributed by atoms with van der Waals surface area (Å²) in [6.45, 7) is 6.13. The zero-order chi connectivity index (χ0) is 22.0. The Balaban J connectivity index is 1.83. The minimum Gasteiger partial charge on any atom is -0.481 e. The van der Waals surface area contributed by atoms with E-state index in [9.17, 15) is 4.21 Å². The number of pyridine rings is 1. The summed E-state index contributed by atoms with van der Waals surface area (Å²) >= 11 is 0. The first-order valence-electron chi connectivity index (χ1n) is 10.3. The van der Waals surface area contributed by atoms with Gasteiger partial charge in [0.05, 0.1) is 36.1 Å². The van der Waals surface area contributed by atoms with Crippen molar-refractivity contribution in [1.82, 2.24) is 15.0 Å². The Labute approximate surface area is 185 Å². The number of methoxy groups -OCH3 is 1. The van der Waals surface area contributed by atoms with Crippen molar-refractivity contribution in [3.8, 4) is 17.3 Å². The summed E-state index contributed by atoms with van der Waals surface area (Å²) < 4.78 is 28.6. The lowest BCUT2D eigenvalue weighted by atomic mass is 10.2. The molecule has 1 N–H and O–H groups in total. The maximum Gasteiger partial charge on any atom is 0.215 e. The molecule has 2 unspecified atom stereocenters. The van der Waals surface area contributed by atoms with Crippen LogP contribution in [0, 0.1) is 0 Å². The SMILES string of the molecule is COc1cc(-c2nc(N=S(C)(=O)C3CC3)cc(N3CCOC[C@H]3C)n2)cc(NPC)n1. The lowest BCUT2D eigenvalue weighted by molar-refractivity contribution is 0.0985. The number of aromatic nitrogens is 3. The van der Waals surface area contributed by atoms with Crippen molar-refractivity contribution in [2.75, 3.05) is 49.8 Å². The van der Waals surface area contributed by atoms with Crippen LogP contribution in [0.25, 0.3) is 11.4 Å². The normalized spacial score (nSPS) is 21.2. The fraction of sp³-hybridized carbons (Fsp3) is 0.550. The van der Waals surface area contributed by atoms with E-state index in [1.165, 1.54) is 0 Å². The largest absolute Gasteiger partial charge is 0.481 e. The van der Waals surface area contributed by atoms with Crippen LogP contribution < -0.4 is 14.7 Å². The number of rotatable bonds is 7. The molecule has 4 rings (SSSR count). The monoisotopic (exact) mass is 464 g/mol. The van der Waals surface area contributed by atoms with Crippen molar-refractivity contribution >= 4 is 35.9 Å². The van der Waals surface area contributed by atoms with E-state index in [1.54, 1.807) is 19.4 Å². The van der Waals surface area contributed by atoms with E-state index in [-0.39, 0.29) is 11.3 Å². The van der Waals surface area contributed by atoms with Crippen molar-refractivity contribution in [3.63, 3.8) is 0 Å². The van der Waals surface area contributed by atoms with Gasteiger partial charge >= 0.3 is 0 Å². The Kier molecular flexibility index (Phi) is 6.60. The third-order valence-corrected chi connectivity index (χ3v) is 8.07. The number of ether oxygens (including phenoxy) is 2. The first kappa shape index (κ1) is 22.2. The molecule has 2 aromatic rings. The summed E-state index contributed by atoms with van der Waals surface area (Å²) in [5.74, 6) is 2.88. The van der Waals surface area contributed by atoms with Crippen LogP contribution in [0.15, 0.2) is 22.6 Å². The molecular formula is C20H29N6O3PS. The van der Waals surface area contributed by atoms with E-state index >= 15 is 0 Å². The van der Waals surface area contributed by atoms with Crippen molar-refractivity contribution in [3.05, 3.63) is 18.2 Å². The highest BCUT2D eigenvalue weighted by Crippen LogP contribution is 2.33. The van der Waals surface area contributed by atoms with E-state index < -0.39 is 9.73 Å². The fourth-order valence-corrected chi connectivity index (χ4v) is 5.52. The quantitative estimate of drug-likeness (QED) is 0.623. The Hall–Kier alpha value is -2.03. The Morgan fingerprint density at radius 1 is 1.29 bits per heavy atom. The van der Waals surface area contributed by atoms with Crippen molar-refractivity contribution in [1.29, 1.82) is 0 Å². The summed E-state index contributed by atoms with van der Waals surface area (Å²) in [7, 11) is -0.262. The van der Waals surface area contributed by atoms with Gasteiger partial charge in [0.2, 0.25) is 5.88 Å². The highest BCUT2D eigenvalue weighted by atomic mass is 32.2. The van der Waals surface area contributed by atoms with Gasteiger partial charge in [-0.05, 0) is 41.2 Å². The summed E-state index contributed by atoms with van der Waals surface area (Å²) in [4.78, 5) is 16.1. The van der Waals surface area contributed by atoms with E-state index in [0.717, 1.165) is 30.8 Å². The van der Waals surface area contributed by atoms with E-state index in [0.29, 0.717) is 45.3 Å². The molecule has 9 nitrogen and oxygen atoms in total. The zero-order valence-corrected chi connectivity index (χ0v) is 20.1. The third-order valence-electron chi connectivity index (χ3n) is 5.30. The van der Waals surface area contributed by atoms with Crippen LogP contribution in [-0.2, 0) is 14.5 Å². The smallest absolute Gasteiger partial charge is 0.215 e. The van der Waals surface area contributed by atoms with Gasteiger partial charge in [0.15, 0.2) is 11.6 Å². The van der Waals surface area contributed by atoms with Crippen LogP contribution in [0.3, 0.4) is 0 Å². The highest BCUT2D eigenvalue weighted by molar-refractivity contribution is 7.93. The lowest BCUT2D eigenvalue weighted by Gasteiger charge is -2.34. The summed E-state index contributed by atoms with van der Waals surface area (Å²) in [5.41, 5.74) is 0.765. The minimum atomic E-state index is -2.34. The molecular weight excluding hydrogens is 435 g/mol.